The lowest BCUT2D eigenvalue weighted by atomic mass is 10.2. The number of hydroxylamine groups is 2. The van der Waals surface area contributed by atoms with Crippen LogP contribution in [0.25, 0.3) is 0 Å². The molecule has 0 spiro atoms. The number of nitrogens with zero attached hydrogens (tertiary/aromatic N) is 1. The van der Waals surface area contributed by atoms with Crippen LogP contribution in [0.3, 0.4) is 0 Å². The molecule has 0 N–H and O–H groups in total. The summed E-state index contributed by atoms with van der Waals surface area (Å²) in [4.78, 5) is 18.0. The van der Waals surface area contributed by atoms with Crippen LogP contribution < -0.4 is 0 Å². The van der Waals surface area contributed by atoms with Crippen LogP contribution in [0.4, 0.5) is 4.79 Å². The van der Waals surface area contributed by atoms with Gasteiger partial charge in [-0.1, -0.05) is 32.9 Å². The van der Waals surface area contributed by atoms with E-state index >= 15 is 0 Å². The minimum atomic E-state index is -1.84. The molecule has 0 aromatic rings. The molecule has 23 heavy (non-hydrogen) atoms. The van der Waals surface area contributed by atoms with Crippen molar-refractivity contribution in [3.63, 3.8) is 0 Å². The molecular formula is C17H33NO4Si. The molecule has 1 amide bonds. The molecule has 1 rings (SSSR count). The van der Waals surface area contributed by atoms with E-state index in [1.54, 1.807) is 0 Å². The van der Waals surface area contributed by atoms with Gasteiger partial charge in [-0.05, 0) is 45.8 Å². The van der Waals surface area contributed by atoms with Crippen molar-refractivity contribution in [1.29, 1.82) is 0 Å². The van der Waals surface area contributed by atoms with Gasteiger partial charge in [0.15, 0.2) is 8.32 Å². The van der Waals surface area contributed by atoms with Gasteiger partial charge in [-0.25, -0.2) is 4.79 Å². The lowest BCUT2D eigenvalue weighted by Gasteiger charge is -2.39. The summed E-state index contributed by atoms with van der Waals surface area (Å²) in [6.07, 6.45) is 3.17. The van der Waals surface area contributed by atoms with E-state index in [2.05, 4.69) is 33.9 Å². The first-order valence-corrected chi connectivity index (χ1v) is 11.1. The maximum Gasteiger partial charge on any atom is 0.435 e. The molecule has 0 aromatic heterocycles. The smallest absolute Gasteiger partial charge is 0.435 e. The van der Waals surface area contributed by atoms with Crippen LogP contribution in [0.1, 0.15) is 48.5 Å². The van der Waals surface area contributed by atoms with E-state index in [4.69, 9.17) is 14.0 Å². The summed E-state index contributed by atoms with van der Waals surface area (Å²) in [5, 5.41) is 1.44. The Morgan fingerprint density at radius 1 is 1.17 bits per heavy atom. The van der Waals surface area contributed by atoms with Crippen molar-refractivity contribution in [2.24, 2.45) is 0 Å². The predicted molar refractivity (Wildman–Crippen MR) is 94.7 cm³/mol. The lowest BCUT2D eigenvalue weighted by molar-refractivity contribution is -0.193. The first-order valence-electron chi connectivity index (χ1n) is 8.24. The van der Waals surface area contributed by atoms with Crippen LogP contribution in [-0.4, -0.2) is 43.8 Å². The molecule has 0 saturated carbocycles. The predicted octanol–water partition coefficient (Wildman–Crippen LogP) is 4.50. The highest BCUT2D eigenvalue weighted by Crippen LogP contribution is 2.36. The number of carbonyl (C=O) groups excluding carboxylic acids is 1. The third-order valence-electron chi connectivity index (χ3n) is 4.21. The van der Waals surface area contributed by atoms with Gasteiger partial charge in [0.25, 0.3) is 0 Å². The SMILES string of the molecule is C[C@@H]1C=C[C@H](CO[Si](C)(C)C(C)(C)C)ON1C(=O)OC(C)(C)C. The van der Waals surface area contributed by atoms with E-state index in [1.807, 2.05) is 39.8 Å². The minimum Gasteiger partial charge on any atom is -0.442 e. The van der Waals surface area contributed by atoms with Gasteiger partial charge < -0.3 is 9.16 Å². The van der Waals surface area contributed by atoms with Crippen LogP contribution in [-0.2, 0) is 14.0 Å². The molecule has 0 fully saturated rings. The van der Waals surface area contributed by atoms with Crippen molar-refractivity contribution in [3.05, 3.63) is 12.2 Å². The van der Waals surface area contributed by atoms with Crippen molar-refractivity contribution in [2.45, 2.75) is 84.3 Å². The molecule has 0 aliphatic carbocycles. The van der Waals surface area contributed by atoms with E-state index in [0.29, 0.717) is 6.61 Å². The number of rotatable bonds is 3. The Morgan fingerprint density at radius 2 is 1.74 bits per heavy atom. The summed E-state index contributed by atoms with van der Waals surface area (Å²) >= 11 is 0. The van der Waals surface area contributed by atoms with Crippen molar-refractivity contribution < 1.29 is 18.8 Å². The van der Waals surface area contributed by atoms with Gasteiger partial charge in [0, 0.05) is 0 Å². The fraction of sp³-hybridized carbons (Fsp3) is 0.824. The monoisotopic (exact) mass is 343 g/mol. The lowest BCUT2D eigenvalue weighted by Crippen LogP contribution is -2.48. The molecule has 1 heterocycles. The van der Waals surface area contributed by atoms with Crippen molar-refractivity contribution in [2.75, 3.05) is 6.61 Å². The zero-order valence-corrected chi connectivity index (χ0v) is 17.1. The topological polar surface area (TPSA) is 48.0 Å². The van der Waals surface area contributed by atoms with Gasteiger partial charge in [0.2, 0.25) is 0 Å². The molecule has 6 heteroatoms. The Kier molecular flexibility index (Phi) is 6.10. The normalized spacial score (nSPS) is 23.1. The standard InChI is InChI=1S/C17H33NO4Si/c1-13-10-11-14(12-20-23(8,9)17(5,6)7)22-18(13)15(19)21-16(2,3)4/h10-11,13-14H,12H2,1-9H3/t13-,14-/m1/s1. The van der Waals surface area contributed by atoms with E-state index in [0.717, 1.165) is 0 Å². The molecular weight excluding hydrogens is 310 g/mol. The maximum atomic E-state index is 12.2. The van der Waals surface area contributed by atoms with Gasteiger partial charge >= 0.3 is 6.09 Å². The second kappa shape index (κ2) is 6.95. The molecule has 134 valence electrons. The van der Waals surface area contributed by atoms with Gasteiger partial charge in [0.1, 0.15) is 11.7 Å². The Hall–Kier alpha value is -0.853. The zero-order chi connectivity index (χ0) is 18.1. The van der Waals surface area contributed by atoms with Gasteiger partial charge in [-0.3, -0.25) is 4.84 Å². The van der Waals surface area contributed by atoms with Crippen LogP contribution in [0.5, 0.6) is 0 Å². The van der Waals surface area contributed by atoms with E-state index < -0.39 is 20.0 Å². The molecule has 2 atom stereocenters. The highest BCUT2D eigenvalue weighted by Gasteiger charge is 2.38. The fourth-order valence-corrected chi connectivity index (χ4v) is 2.76. The Morgan fingerprint density at radius 3 is 2.22 bits per heavy atom. The first-order chi connectivity index (χ1) is 10.2. The van der Waals surface area contributed by atoms with Gasteiger partial charge in [-0.2, -0.15) is 5.06 Å². The Labute approximate surface area is 142 Å². The molecule has 0 aromatic carbocycles. The number of amides is 1. The highest BCUT2D eigenvalue weighted by molar-refractivity contribution is 6.74. The summed E-state index contributed by atoms with van der Waals surface area (Å²) in [5.41, 5.74) is -0.547. The van der Waals surface area contributed by atoms with Crippen LogP contribution in [0.15, 0.2) is 12.2 Å². The summed E-state index contributed by atoms with van der Waals surface area (Å²) in [7, 11) is -1.84. The van der Waals surface area contributed by atoms with Gasteiger partial charge in [0.05, 0.1) is 12.6 Å². The van der Waals surface area contributed by atoms with Crippen molar-refractivity contribution >= 4 is 14.4 Å². The van der Waals surface area contributed by atoms with Crippen molar-refractivity contribution in [3.8, 4) is 0 Å². The molecule has 1 aliphatic heterocycles. The fourth-order valence-electron chi connectivity index (χ4n) is 1.75. The summed E-state index contributed by atoms with van der Waals surface area (Å²) in [6.45, 7) is 18.9. The highest BCUT2D eigenvalue weighted by atomic mass is 28.4. The third-order valence-corrected chi connectivity index (χ3v) is 8.71. The van der Waals surface area contributed by atoms with E-state index in [1.165, 1.54) is 5.06 Å². The molecule has 0 saturated heterocycles. The summed E-state index contributed by atoms with van der Waals surface area (Å²) in [5.74, 6) is 0. The Bertz CT molecular complexity index is 448. The Balaban J connectivity index is 2.67. The van der Waals surface area contributed by atoms with Crippen molar-refractivity contribution in [1.82, 2.24) is 5.06 Å². The van der Waals surface area contributed by atoms with E-state index in [-0.39, 0.29) is 17.2 Å². The summed E-state index contributed by atoms with van der Waals surface area (Å²) < 4.78 is 11.6. The number of hydrogen-bond donors (Lipinski definition) is 0. The number of carbonyl (C=O) groups is 1. The third kappa shape index (κ3) is 5.93. The quantitative estimate of drug-likeness (QED) is 0.559. The van der Waals surface area contributed by atoms with Gasteiger partial charge in [-0.15, -0.1) is 0 Å². The maximum absolute atomic E-state index is 12.2. The number of ether oxygens (including phenoxy) is 1. The van der Waals surface area contributed by atoms with Crippen LogP contribution >= 0.6 is 0 Å². The molecule has 0 unspecified atom stereocenters. The molecule has 1 aliphatic rings. The summed E-state index contributed by atoms with van der Waals surface area (Å²) in [6, 6.07) is -0.158. The first kappa shape index (κ1) is 20.2. The van der Waals surface area contributed by atoms with E-state index in [9.17, 15) is 4.79 Å². The zero-order valence-electron chi connectivity index (χ0n) is 16.1. The molecule has 0 bridgehead atoms. The second-order valence-corrected chi connectivity index (χ2v) is 13.5. The van der Waals surface area contributed by atoms with Crippen LogP contribution in [0.2, 0.25) is 18.1 Å². The average molecular weight is 344 g/mol. The van der Waals surface area contributed by atoms with Crippen LogP contribution in [0, 0.1) is 0 Å². The largest absolute Gasteiger partial charge is 0.442 e. The second-order valence-electron chi connectivity index (χ2n) is 8.65. The minimum absolute atomic E-state index is 0.142. The molecule has 0 radical (unpaired) electrons. The number of hydrogen-bond acceptors (Lipinski definition) is 4. The average Bonchev–Trinajstić information content (AvgIpc) is 2.34. The molecule has 5 nitrogen and oxygen atoms in total.